The number of benzene rings is 1. The van der Waals surface area contributed by atoms with Gasteiger partial charge in [-0.05, 0) is 32.0 Å². The van der Waals surface area contributed by atoms with Gasteiger partial charge in [0.25, 0.3) is 0 Å². The van der Waals surface area contributed by atoms with Crippen molar-refractivity contribution < 1.29 is 27.9 Å². The van der Waals surface area contributed by atoms with Gasteiger partial charge in [-0.25, -0.2) is 13.2 Å². The number of sulfonamides is 1. The minimum atomic E-state index is -4.07. The topological polar surface area (TPSA) is 110 Å². The van der Waals surface area contributed by atoms with Crippen LogP contribution >= 0.6 is 15.9 Å². The van der Waals surface area contributed by atoms with Crippen LogP contribution in [0, 0.1) is 0 Å². The molecule has 0 aromatic heterocycles. The fourth-order valence-corrected chi connectivity index (χ4v) is 3.31. The van der Waals surface area contributed by atoms with Gasteiger partial charge in [-0.3, -0.25) is 4.79 Å². The quantitative estimate of drug-likeness (QED) is 0.722. The number of halogens is 1. The van der Waals surface area contributed by atoms with E-state index in [0.717, 1.165) is 6.07 Å². The van der Waals surface area contributed by atoms with Crippen molar-refractivity contribution in [2.24, 2.45) is 0 Å². The van der Waals surface area contributed by atoms with Crippen LogP contribution in [0.25, 0.3) is 0 Å². The molecular formula is C12H14BrNO6S. The van der Waals surface area contributed by atoms with Crippen molar-refractivity contribution in [1.82, 2.24) is 4.72 Å². The van der Waals surface area contributed by atoms with Crippen molar-refractivity contribution in [2.45, 2.75) is 24.8 Å². The molecule has 1 atom stereocenters. The molecule has 116 valence electrons. The average Bonchev–Trinajstić information content (AvgIpc) is 2.37. The highest BCUT2D eigenvalue weighted by Gasteiger charge is 2.23. The standard InChI is InChI=1S/C12H14BrNO6S/c1-3-20-12(17)8-4-9(13)6-10(5-8)21(18,19)14-7(2)11(15)16/h4-7,14H,3H2,1-2H3,(H,15,16)/t7-/m1/s1. The molecule has 0 bridgehead atoms. The van der Waals surface area contributed by atoms with Gasteiger partial charge in [0, 0.05) is 4.47 Å². The highest BCUT2D eigenvalue weighted by Crippen LogP contribution is 2.20. The number of carboxylic acids is 1. The molecule has 0 aliphatic carbocycles. The van der Waals surface area contributed by atoms with Gasteiger partial charge in [-0.15, -0.1) is 0 Å². The summed E-state index contributed by atoms with van der Waals surface area (Å²) in [7, 11) is -4.07. The molecule has 1 rings (SSSR count). The zero-order valence-corrected chi connectivity index (χ0v) is 13.7. The summed E-state index contributed by atoms with van der Waals surface area (Å²) in [5, 5.41) is 8.75. The molecule has 0 aliphatic rings. The van der Waals surface area contributed by atoms with E-state index < -0.39 is 28.0 Å². The van der Waals surface area contributed by atoms with Crippen LogP contribution in [0.2, 0.25) is 0 Å². The van der Waals surface area contributed by atoms with Gasteiger partial charge < -0.3 is 9.84 Å². The lowest BCUT2D eigenvalue weighted by Crippen LogP contribution is -2.38. The Morgan fingerprint density at radius 3 is 2.52 bits per heavy atom. The molecule has 9 heteroatoms. The SMILES string of the molecule is CCOC(=O)c1cc(Br)cc(S(=O)(=O)N[C@H](C)C(=O)O)c1. The molecule has 0 heterocycles. The third kappa shape index (κ3) is 4.80. The number of aliphatic carboxylic acids is 1. The van der Waals surface area contributed by atoms with Crippen LogP contribution in [0.15, 0.2) is 27.6 Å². The minimum absolute atomic E-state index is 0.0505. The van der Waals surface area contributed by atoms with Crippen molar-refractivity contribution in [1.29, 1.82) is 0 Å². The van der Waals surface area contributed by atoms with E-state index in [1.165, 1.54) is 19.1 Å². The molecule has 0 unspecified atom stereocenters. The molecule has 1 aromatic carbocycles. The Bertz CT molecular complexity index is 658. The number of carboxylic acid groups (broad SMARTS) is 1. The van der Waals surface area contributed by atoms with Gasteiger partial charge in [-0.2, -0.15) is 4.72 Å². The fourth-order valence-electron chi connectivity index (χ4n) is 1.40. The van der Waals surface area contributed by atoms with E-state index in [1.807, 2.05) is 4.72 Å². The van der Waals surface area contributed by atoms with Gasteiger partial charge in [0.05, 0.1) is 17.1 Å². The van der Waals surface area contributed by atoms with Crippen LogP contribution in [-0.2, 0) is 19.6 Å². The van der Waals surface area contributed by atoms with Crippen molar-refractivity contribution >= 4 is 37.9 Å². The van der Waals surface area contributed by atoms with Crippen LogP contribution in [0.4, 0.5) is 0 Å². The summed E-state index contributed by atoms with van der Waals surface area (Å²) in [6.07, 6.45) is 0. The van der Waals surface area contributed by atoms with Crippen LogP contribution in [0.3, 0.4) is 0 Å². The number of carbonyl (C=O) groups excluding carboxylic acids is 1. The molecule has 7 nitrogen and oxygen atoms in total. The fraction of sp³-hybridized carbons (Fsp3) is 0.333. The smallest absolute Gasteiger partial charge is 0.338 e. The van der Waals surface area contributed by atoms with E-state index in [1.54, 1.807) is 6.92 Å². The first kappa shape index (κ1) is 17.6. The van der Waals surface area contributed by atoms with E-state index in [2.05, 4.69) is 15.9 Å². The lowest BCUT2D eigenvalue weighted by atomic mass is 10.2. The Hall–Kier alpha value is -1.45. The third-order valence-corrected chi connectivity index (χ3v) is 4.37. The molecule has 0 amide bonds. The predicted molar refractivity (Wildman–Crippen MR) is 77.5 cm³/mol. The number of ether oxygens (including phenoxy) is 1. The molecule has 0 radical (unpaired) electrons. The molecule has 1 aromatic rings. The maximum atomic E-state index is 12.1. The Kier molecular flexibility index (Phi) is 5.87. The number of carbonyl (C=O) groups is 2. The number of esters is 1. The van der Waals surface area contributed by atoms with Gasteiger partial charge in [0.15, 0.2) is 0 Å². The molecular weight excluding hydrogens is 366 g/mol. The monoisotopic (exact) mass is 379 g/mol. The summed E-state index contributed by atoms with van der Waals surface area (Å²) in [6, 6.07) is 2.51. The van der Waals surface area contributed by atoms with E-state index >= 15 is 0 Å². The number of rotatable bonds is 6. The summed E-state index contributed by atoms with van der Waals surface area (Å²) in [6.45, 7) is 2.98. The van der Waals surface area contributed by atoms with E-state index in [9.17, 15) is 18.0 Å². The van der Waals surface area contributed by atoms with E-state index in [0.29, 0.717) is 4.47 Å². The summed E-state index contributed by atoms with van der Waals surface area (Å²) in [5.41, 5.74) is 0.0505. The average molecular weight is 380 g/mol. The van der Waals surface area contributed by atoms with Gasteiger partial charge >= 0.3 is 11.9 Å². The van der Waals surface area contributed by atoms with E-state index in [4.69, 9.17) is 9.84 Å². The van der Waals surface area contributed by atoms with Gasteiger partial charge in [-0.1, -0.05) is 15.9 Å². The summed E-state index contributed by atoms with van der Waals surface area (Å²) >= 11 is 3.10. The van der Waals surface area contributed by atoms with Crippen molar-refractivity contribution in [2.75, 3.05) is 6.61 Å². The lowest BCUT2D eigenvalue weighted by Gasteiger charge is -2.11. The van der Waals surface area contributed by atoms with Crippen LogP contribution in [0.5, 0.6) is 0 Å². The van der Waals surface area contributed by atoms with E-state index in [-0.39, 0.29) is 17.1 Å². The van der Waals surface area contributed by atoms with Crippen molar-refractivity contribution in [3.8, 4) is 0 Å². The maximum absolute atomic E-state index is 12.1. The maximum Gasteiger partial charge on any atom is 0.338 e. The predicted octanol–water partition coefficient (Wildman–Crippen LogP) is 1.38. The molecule has 21 heavy (non-hydrogen) atoms. The third-order valence-electron chi connectivity index (χ3n) is 2.40. The Balaban J connectivity index is 3.18. The van der Waals surface area contributed by atoms with Crippen molar-refractivity contribution in [3.05, 3.63) is 28.2 Å². The van der Waals surface area contributed by atoms with Crippen LogP contribution in [-0.4, -0.2) is 38.1 Å². The second kappa shape index (κ2) is 7.01. The molecule has 0 spiro atoms. The highest BCUT2D eigenvalue weighted by molar-refractivity contribution is 9.10. The van der Waals surface area contributed by atoms with Crippen LogP contribution < -0.4 is 4.72 Å². The second-order valence-electron chi connectivity index (χ2n) is 4.08. The summed E-state index contributed by atoms with van der Waals surface area (Å²) in [4.78, 5) is 22.2. The van der Waals surface area contributed by atoms with Gasteiger partial charge in [0.2, 0.25) is 10.0 Å². The molecule has 2 N–H and O–H groups in total. The largest absolute Gasteiger partial charge is 0.480 e. The second-order valence-corrected chi connectivity index (χ2v) is 6.71. The normalized spacial score (nSPS) is 12.7. The summed E-state index contributed by atoms with van der Waals surface area (Å²) in [5.74, 6) is -1.97. The first-order valence-corrected chi connectivity index (χ1v) is 8.18. The zero-order chi connectivity index (χ0) is 16.2. The molecule has 0 saturated carbocycles. The van der Waals surface area contributed by atoms with Crippen molar-refractivity contribution in [3.63, 3.8) is 0 Å². The molecule has 0 saturated heterocycles. The number of hydrogen-bond donors (Lipinski definition) is 2. The van der Waals surface area contributed by atoms with Crippen LogP contribution in [0.1, 0.15) is 24.2 Å². The minimum Gasteiger partial charge on any atom is -0.480 e. The lowest BCUT2D eigenvalue weighted by molar-refractivity contribution is -0.138. The first-order valence-electron chi connectivity index (χ1n) is 5.90. The zero-order valence-electron chi connectivity index (χ0n) is 11.3. The molecule has 0 aliphatic heterocycles. The van der Waals surface area contributed by atoms with Gasteiger partial charge in [0.1, 0.15) is 6.04 Å². The Labute approximate surface area is 130 Å². The first-order chi connectivity index (χ1) is 9.67. The number of nitrogens with one attached hydrogen (secondary N) is 1. The number of hydrogen-bond acceptors (Lipinski definition) is 5. The highest BCUT2D eigenvalue weighted by atomic mass is 79.9. The molecule has 0 fully saturated rings. The Morgan fingerprint density at radius 1 is 1.38 bits per heavy atom. The summed E-state index contributed by atoms with van der Waals surface area (Å²) < 4.78 is 31.3. The Morgan fingerprint density at radius 2 is 2.00 bits per heavy atom.